The quantitative estimate of drug-likeness (QED) is 0.139. The molecule has 0 bridgehead atoms. The third-order valence-electron chi connectivity index (χ3n) is 5.14. The molecule has 0 saturated heterocycles. The number of aryl methyl sites for hydroxylation is 2. The van der Waals surface area contributed by atoms with Crippen LogP contribution in [0, 0.1) is 13.8 Å². The molecule has 14 nitrogen and oxygen atoms in total. The topological polar surface area (TPSA) is 164 Å². The lowest BCUT2D eigenvalue weighted by Gasteiger charge is -2.26. The van der Waals surface area contributed by atoms with E-state index in [-0.39, 0.29) is 9.79 Å². The minimum Gasteiger partial charge on any atom is -0.366 e. The smallest absolute Gasteiger partial charge is 0.357 e. The first-order valence-corrected chi connectivity index (χ1v) is 15.4. The summed E-state index contributed by atoms with van der Waals surface area (Å²) in [5.41, 5.74) is 1.71. The molecule has 0 fully saturated rings. The highest BCUT2D eigenvalue weighted by molar-refractivity contribution is 7.87. The Morgan fingerprint density at radius 1 is 0.595 bits per heavy atom. The summed E-state index contributed by atoms with van der Waals surface area (Å²) in [6.45, 7) is 1.60. The van der Waals surface area contributed by atoms with Crippen LogP contribution in [-0.4, -0.2) is 106 Å². The average Bonchev–Trinajstić information content (AvgIpc) is 2.89. The van der Waals surface area contributed by atoms with Crippen molar-refractivity contribution in [2.24, 2.45) is 0 Å². The molecule has 0 saturated carbocycles. The van der Waals surface area contributed by atoms with Crippen LogP contribution < -0.4 is 0 Å². The molecule has 42 heavy (non-hydrogen) atoms. The van der Waals surface area contributed by atoms with Gasteiger partial charge in [0.05, 0.1) is 36.2 Å². The zero-order chi connectivity index (χ0) is 31.5. The van der Waals surface area contributed by atoms with Gasteiger partial charge in [0.1, 0.15) is 0 Å². The van der Waals surface area contributed by atoms with Gasteiger partial charge in [-0.1, -0.05) is 35.4 Å². The van der Waals surface area contributed by atoms with Crippen LogP contribution >= 0.6 is 0 Å². The Bertz CT molecular complexity index is 1270. The largest absolute Gasteiger partial charge is 0.366 e. The van der Waals surface area contributed by atoms with Crippen LogP contribution in [0.3, 0.4) is 0 Å². The van der Waals surface area contributed by atoms with Crippen molar-refractivity contribution in [2.75, 3.05) is 54.6 Å². The number of ether oxygens (including phenoxy) is 2. The van der Waals surface area contributed by atoms with Crippen LogP contribution in [0.25, 0.3) is 0 Å². The maximum absolute atomic E-state index is 12.9. The standard InChI is InChI=1S/C26H36N2O12S2/c1-19-7-11-21(12-8-19)41(31,32)37-17-15-35-23(25(29)39-27(3)4)24(26(30)40-28(5)6)36-16-18-38-42(33,34)22-13-9-20(2)10-14-22/h7-14,23-24H,15-18H2,1-6H3/t23-,24-/m1/s1. The zero-order valence-electron chi connectivity index (χ0n) is 24.2. The van der Waals surface area contributed by atoms with E-state index in [9.17, 15) is 26.4 Å². The average molecular weight is 633 g/mol. The number of benzene rings is 2. The lowest BCUT2D eigenvalue weighted by Crippen LogP contribution is -2.48. The highest BCUT2D eigenvalue weighted by Gasteiger charge is 2.40. The summed E-state index contributed by atoms with van der Waals surface area (Å²) in [6, 6.07) is 11.9. The fourth-order valence-electron chi connectivity index (χ4n) is 3.21. The molecule has 2 aromatic carbocycles. The van der Waals surface area contributed by atoms with Crippen LogP contribution in [0.4, 0.5) is 0 Å². The second-order valence-electron chi connectivity index (χ2n) is 9.21. The summed E-state index contributed by atoms with van der Waals surface area (Å²) in [6.07, 6.45) is -3.53. The molecule has 2 rings (SSSR count). The maximum Gasteiger partial charge on any atom is 0.357 e. The number of hydroxylamine groups is 4. The molecule has 0 amide bonds. The number of hydrogen-bond acceptors (Lipinski definition) is 14. The molecule has 0 radical (unpaired) electrons. The number of carbonyl (C=O) groups excluding carboxylic acids is 2. The first kappa shape index (κ1) is 35.2. The number of rotatable bonds is 17. The van der Waals surface area contributed by atoms with Crippen LogP contribution in [0.1, 0.15) is 11.1 Å². The molecule has 0 aliphatic rings. The van der Waals surface area contributed by atoms with Crippen molar-refractivity contribution in [3.63, 3.8) is 0 Å². The normalized spacial score (nSPS) is 13.6. The third kappa shape index (κ3) is 11.4. The number of nitrogens with zero attached hydrogens (tertiary/aromatic N) is 2. The molecule has 2 aromatic rings. The summed E-state index contributed by atoms with van der Waals surface area (Å²) in [5.74, 6) is -2.15. The van der Waals surface area contributed by atoms with E-state index >= 15 is 0 Å². The Balaban J connectivity index is 2.12. The molecule has 0 aromatic heterocycles. The highest BCUT2D eigenvalue weighted by Crippen LogP contribution is 2.16. The van der Waals surface area contributed by atoms with Crippen molar-refractivity contribution < 1.29 is 53.9 Å². The van der Waals surface area contributed by atoms with E-state index in [0.29, 0.717) is 0 Å². The first-order valence-electron chi connectivity index (χ1n) is 12.6. The third-order valence-corrected chi connectivity index (χ3v) is 7.80. The lowest BCUT2D eigenvalue weighted by molar-refractivity contribution is -0.217. The molecule has 0 unspecified atom stereocenters. The summed E-state index contributed by atoms with van der Waals surface area (Å²) in [5, 5.41) is 2.09. The molecular formula is C26H36N2O12S2. The van der Waals surface area contributed by atoms with E-state index in [2.05, 4.69) is 0 Å². The van der Waals surface area contributed by atoms with E-state index in [1.165, 1.54) is 52.5 Å². The van der Waals surface area contributed by atoms with Gasteiger partial charge in [-0.25, -0.2) is 9.59 Å². The summed E-state index contributed by atoms with van der Waals surface area (Å²) >= 11 is 0. The van der Waals surface area contributed by atoms with Gasteiger partial charge >= 0.3 is 11.9 Å². The monoisotopic (exact) mass is 632 g/mol. The Morgan fingerprint density at radius 3 is 1.19 bits per heavy atom. The summed E-state index contributed by atoms with van der Waals surface area (Å²) in [4.78, 5) is 35.6. The van der Waals surface area contributed by atoms with E-state index in [4.69, 9.17) is 27.5 Å². The Hall–Kier alpha value is -2.96. The predicted octanol–water partition coefficient (Wildman–Crippen LogP) is 1.22. The van der Waals surface area contributed by atoms with Crippen molar-refractivity contribution in [3.05, 3.63) is 59.7 Å². The summed E-state index contributed by atoms with van der Waals surface area (Å²) < 4.78 is 70.8. The van der Waals surface area contributed by atoms with Gasteiger partial charge in [0.15, 0.2) is 12.2 Å². The maximum atomic E-state index is 12.9. The molecular weight excluding hydrogens is 596 g/mol. The van der Waals surface area contributed by atoms with Gasteiger partial charge in [0.2, 0.25) is 0 Å². The minimum absolute atomic E-state index is 0.0759. The van der Waals surface area contributed by atoms with Crippen LogP contribution in [0.2, 0.25) is 0 Å². The highest BCUT2D eigenvalue weighted by atomic mass is 32.2. The van der Waals surface area contributed by atoms with Gasteiger partial charge in [-0.3, -0.25) is 8.37 Å². The second kappa shape index (κ2) is 16.0. The van der Waals surface area contributed by atoms with Crippen LogP contribution in [0.15, 0.2) is 58.3 Å². The lowest BCUT2D eigenvalue weighted by atomic mass is 10.2. The van der Waals surface area contributed by atoms with E-state index in [1.54, 1.807) is 38.1 Å². The van der Waals surface area contributed by atoms with Crippen molar-refractivity contribution in [1.82, 2.24) is 10.1 Å². The number of carbonyl (C=O) groups is 2. The van der Waals surface area contributed by atoms with Crippen molar-refractivity contribution in [3.8, 4) is 0 Å². The molecule has 0 heterocycles. The fraction of sp³-hybridized carbons (Fsp3) is 0.462. The Kier molecular flexibility index (Phi) is 13.5. The van der Waals surface area contributed by atoms with E-state index < -0.39 is 70.8 Å². The predicted molar refractivity (Wildman–Crippen MR) is 148 cm³/mol. The van der Waals surface area contributed by atoms with E-state index in [1.807, 2.05) is 0 Å². The number of hydrogen-bond donors (Lipinski definition) is 0. The van der Waals surface area contributed by atoms with Crippen LogP contribution in [0.5, 0.6) is 0 Å². The molecule has 2 atom stereocenters. The Morgan fingerprint density at radius 2 is 0.905 bits per heavy atom. The molecule has 234 valence electrons. The molecule has 0 N–H and O–H groups in total. The summed E-state index contributed by atoms with van der Waals surface area (Å²) in [7, 11) is -2.64. The van der Waals surface area contributed by atoms with Crippen molar-refractivity contribution in [2.45, 2.75) is 35.8 Å². The van der Waals surface area contributed by atoms with Crippen LogP contribution in [-0.2, 0) is 57.3 Å². The van der Waals surface area contributed by atoms with Gasteiger partial charge in [-0.05, 0) is 38.1 Å². The molecule has 16 heteroatoms. The van der Waals surface area contributed by atoms with Gasteiger partial charge in [0, 0.05) is 28.2 Å². The molecule has 0 aliphatic heterocycles. The van der Waals surface area contributed by atoms with Gasteiger partial charge in [-0.2, -0.15) is 16.8 Å². The minimum atomic E-state index is -4.13. The fourth-order valence-corrected chi connectivity index (χ4v) is 4.99. The molecule has 0 aliphatic carbocycles. The Labute approximate surface area is 246 Å². The van der Waals surface area contributed by atoms with Crippen molar-refractivity contribution in [1.29, 1.82) is 0 Å². The zero-order valence-corrected chi connectivity index (χ0v) is 25.8. The molecule has 0 spiro atoms. The van der Waals surface area contributed by atoms with Crippen molar-refractivity contribution >= 4 is 32.2 Å². The van der Waals surface area contributed by atoms with E-state index in [0.717, 1.165) is 21.3 Å². The second-order valence-corrected chi connectivity index (χ2v) is 12.4. The SMILES string of the molecule is Cc1ccc(S(=O)(=O)OCCO[C@@H](C(=O)ON(C)C)[C@@H](OCCOS(=O)(=O)c2ccc(C)cc2)C(=O)ON(C)C)cc1. The van der Waals surface area contributed by atoms with Gasteiger partial charge in [-0.15, -0.1) is 10.1 Å². The van der Waals surface area contributed by atoms with Gasteiger partial charge < -0.3 is 19.1 Å². The first-order chi connectivity index (χ1) is 19.6. The van der Waals surface area contributed by atoms with Gasteiger partial charge in [0.25, 0.3) is 20.2 Å².